The number of carboxylic acids is 1. The average molecular weight is 618 g/mol. The molecule has 4 bridgehead atoms. The number of aromatic nitrogens is 2. The molecule has 1 saturated heterocycles. The predicted octanol–water partition coefficient (Wildman–Crippen LogP) is 2.97. The summed E-state index contributed by atoms with van der Waals surface area (Å²) in [7, 11) is -3.64. The van der Waals surface area contributed by atoms with Gasteiger partial charge in [0, 0.05) is 23.4 Å². The molecule has 8 rings (SSSR count). The lowest BCUT2D eigenvalue weighted by atomic mass is 9.49. The molecular weight excluding hydrogens is 582 g/mol. The summed E-state index contributed by atoms with van der Waals surface area (Å²) >= 11 is 1.09. The average Bonchev–Trinajstić information content (AvgIpc) is 3.51. The summed E-state index contributed by atoms with van der Waals surface area (Å²) in [5.74, 6) is -1.00. The third-order valence-electron chi connectivity index (χ3n) is 10.7. The lowest BCUT2D eigenvalue weighted by molar-refractivity contribution is -0.174. The number of nitrogens with zero attached hydrogens (tertiary/aromatic N) is 3. The van der Waals surface area contributed by atoms with Gasteiger partial charge in [0.25, 0.3) is 0 Å². The molecule has 2 aromatic heterocycles. The maximum atomic E-state index is 13.6. The van der Waals surface area contributed by atoms with Crippen LogP contribution in [0.25, 0.3) is 10.4 Å². The summed E-state index contributed by atoms with van der Waals surface area (Å²) in [6.45, 7) is 3.41. The molecule has 6 aliphatic rings. The van der Waals surface area contributed by atoms with Crippen molar-refractivity contribution in [3.05, 3.63) is 23.1 Å². The van der Waals surface area contributed by atoms with Gasteiger partial charge >= 0.3 is 11.9 Å². The highest BCUT2D eigenvalue weighted by Crippen LogP contribution is 2.62. The molecule has 0 radical (unpaired) electrons. The number of imidazole rings is 1. The molecule has 5 fully saturated rings. The molecule has 0 spiro atoms. The Morgan fingerprint density at radius 3 is 2.36 bits per heavy atom. The third kappa shape index (κ3) is 3.88. The highest BCUT2D eigenvalue weighted by atomic mass is 32.2. The fraction of sp³-hybridized carbons (Fsp3) is 0.655. The van der Waals surface area contributed by atoms with E-state index in [1.807, 2.05) is 6.92 Å². The van der Waals surface area contributed by atoms with E-state index in [2.05, 4.69) is 4.98 Å². The molecule has 0 aromatic carbocycles. The van der Waals surface area contributed by atoms with Gasteiger partial charge in [0.05, 0.1) is 35.0 Å². The van der Waals surface area contributed by atoms with Crippen molar-refractivity contribution in [2.75, 3.05) is 12.9 Å². The van der Waals surface area contributed by atoms with Gasteiger partial charge in [-0.1, -0.05) is 6.92 Å². The van der Waals surface area contributed by atoms with E-state index < -0.39 is 50.6 Å². The van der Waals surface area contributed by atoms with Crippen molar-refractivity contribution in [2.45, 2.75) is 76.0 Å². The molecule has 4 aliphatic carbocycles. The number of β-lactam (4-membered cyclic amide) rings is 1. The third-order valence-corrected chi connectivity index (χ3v) is 12.9. The molecule has 4 heterocycles. The van der Waals surface area contributed by atoms with Gasteiger partial charge in [-0.05, 0) is 69.6 Å². The quantitative estimate of drug-likeness (QED) is 0.336. The number of carbonyl (C=O) groups excluding carboxylic acids is 2. The Kier molecular flexibility index (Phi) is 6.09. The van der Waals surface area contributed by atoms with Crippen molar-refractivity contribution in [1.82, 2.24) is 14.3 Å². The van der Waals surface area contributed by atoms with Crippen molar-refractivity contribution in [1.29, 1.82) is 0 Å². The maximum absolute atomic E-state index is 13.6. The first-order chi connectivity index (χ1) is 19.7. The van der Waals surface area contributed by atoms with Crippen molar-refractivity contribution >= 4 is 49.4 Å². The largest absolute Gasteiger partial charge is 0.477 e. The van der Waals surface area contributed by atoms with Crippen LogP contribution in [0.3, 0.4) is 0 Å². The number of fused-ring (bicyclic) bond motifs is 2. The Morgan fingerprint density at radius 2 is 1.81 bits per heavy atom. The molecule has 42 heavy (non-hydrogen) atoms. The first-order valence-corrected chi connectivity index (χ1v) is 17.3. The number of esters is 1. The second-order valence-electron chi connectivity index (χ2n) is 13.6. The van der Waals surface area contributed by atoms with Gasteiger partial charge in [0.1, 0.15) is 16.9 Å². The van der Waals surface area contributed by atoms with Crippen molar-refractivity contribution in [3.63, 3.8) is 0 Å². The summed E-state index contributed by atoms with van der Waals surface area (Å²) in [5, 5.41) is 20.8. The molecule has 2 aliphatic heterocycles. The minimum absolute atomic E-state index is 0.0406. The molecule has 2 N–H and O–H groups in total. The zero-order chi connectivity index (χ0) is 29.9. The molecule has 0 unspecified atom stereocenters. The molecule has 2 aromatic rings. The number of sulfone groups is 1. The van der Waals surface area contributed by atoms with Crippen LogP contribution in [0.15, 0.2) is 23.2 Å². The number of ether oxygens (including phenoxy) is 1. The first kappa shape index (κ1) is 28.0. The van der Waals surface area contributed by atoms with E-state index in [-0.39, 0.29) is 29.7 Å². The van der Waals surface area contributed by atoms with Crippen LogP contribution in [0, 0.1) is 34.5 Å². The topological polar surface area (TPSA) is 156 Å². The molecule has 1 amide bonds. The molecule has 226 valence electrons. The van der Waals surface area contributed by atoms with Gasteiger partial charge in [0.15, 0.2) is 14.9 Å². The second-order valence-corrected chi connectivity index (χ2v) is 16.5. The number of hydrogen-bond acceptors (Lipinski definition) is 9. The van der Waals surface area contributed by atoms with Gasteiger partial charge in [-0.2, -0.15) is 0 Å². The molecule has 4 atom stereocenters. The standard InChI is InChI=1S/C29H35N3O8S2/c1-14(33)19-22-28(2,4-5-40-27(37)29-9-15-6-16(10-29)8-17(7-15)11-29)20(21(26(35)36)32(22)24(19)34)18-12-31-13-30-23(25(31)41-18)42(3,38)39/h12-17,19,22,33H,4-11H2,1-3H3,(H,35,36)/t14-,15?,16?,17?,19-,22-,28+,29?/m1/s1. The molecule has 13 heteroatoms. The van der Waals surface area contributed by atoms with Gasteiger partial charge in [0.2, 0.25) is 5.91 Å². The van der Waals surface area contributed by atoms with E-state index >= 15 is 0 Å². The summed E-state index contributed by atoms with van der Waals surface area (Å²) in [6, 6.07) is -0.654. The van der Waals surface area contributed by atoms with E-state index in [0.717, 1.165) is 36.9 Å². The predicted molar refractivity (Wildman–Crippen MR) is 151 cm³/mol. The Morgan fingerprint density at radius 1 is 1.19 bits per heavy atom. The highest BCUT2D eigenvalue weighted by Gasteiger charge is 2.66. The monoisotopic (exact) mass is 617 g/mol. The van der Waals surface area contributed by atoms with Crippen LogP contribution in [0.5, 0.6) is 0 Å². The molecular formula is C29H35N3O8S2. The lowest BCUT2D eigenvalue weighted by Gasteiger charge is -2.55. The Bertz CT molecular complexity index is 1630. The van der Waals surface area contributed by atoms with E-state index in [4.69, 9.17) is 4.74 Å². The normalized spacial score (nSPS) is 36.0. The van der Waals surface area contributed by atoms with E-state index in [0.29, 0.717) is 33.0 Å². The summed E-state index contributed by atoms with van der Waals surface area (Å²) in [4.78, 5) is 45.6. The number of aliphatic carboxylic acids is 1. The van der Waals surface area contributed by atoms with Crippen LogP contribution in [-0.2, 0) is 29.0 Å². The number of thiazole rings is 1. The van der Waals surface area contributed by atoms with E-state index in [9.17, 15) is 33.0 Å². The second kappa shape index (κ2) is 9.12. The summed E-state index contributed by atoms with van der Waals surface area (Å²) in [5.41, 5.74) is -1.24. The fourth-order valence-electron chi connectivity index (χ4n) is 9.35. The SMILES string of the molecule is C[C@@H](O)[C@H]1C(=O)N2C(C(=O)O)=C(c3cn4cnc(S(C)(=O)=O)c4s3)[C@](C)(CCOC(=O)C34CC5CC(CC(C5)C3)C4)[C@@H]12. The van der Waals surface area contributed by atoms with Crippen LogP contribution >= 0.6 is 11.3 Å². The van der Waals surface area contributed by atoms with Crippen molar-refractivity contribution in [3.8, 4) is 0 Å². The molecule has 4 saturated carbocycles. The van der Waals surface area contributed by atoms with E-state index in [1.54, 1.807) is 10.6 Å². The lowest BCUT2D eigenvalue weighted by Crippen LogP contribution is -2.66. The van der Waals surface area contributed by atoms with Crippen molar-refractivity contribution < 1.29 is 37.8 Å². The highest BCUT2D eigenvalue weighted by molar-refractivity contribution is 7.91. The maximum Gasteiger partial charge on any atom is 0.352 e. The van der Waals surface area contributed by atoms with Crippen LogP contribution in [0.1, 0.15) is 63.7 Å². The van der Waals surface area contributed by atoms with Crippen LogP contribution < -0.4 is 0 Å². The van der Waals surface area contributed by atoms with Gasteiger partial charge < -0.3 is 19.8 Å². The first-order valence-electron chi connectivity index (χ1n) is 14.6. The number of amides is 1. The fourth-order valence-corrected chi connectivity index (χ4v) is 11.7. The van der Waals surface area contributed by atoms with Gasteiger partial charge in [-0.15, -0.1) is 11.3 Å². The minimum Gasteiger partial charge on any atom is -0.477 e. The van der Waals surface area contributed by atoms with Crippen LogP contribution in [0.4, 0.5) is 0 Å². The number of hydrogen-bond donors (Lipinski definition) is 2. The zero-order valence-corrected chi connectivity index (χ0v) is 25.4. The number of aliphatic hydroxyl groups excluding tert-OH is 1. The Labute approximate surface area is 247 Å². The Balaban J connectivity index is 1.24. The van der Waals surface area contributed by atoms with Crippen LogP contribution in [-0.4, -0.2) is 75.8 Å². The van der Waals surface area contributed by atoms with Gasteiger partial charge in [-0.25, -0.2) is 18.2 Å². The summed E-state index contributed by atoms with van der Waals surface area (Å²) < 4.78 is 32.2. The van der Waals surface area contributed by atoms with Gasteiger partial charge in [-0.3, -0.25) is 14.0 Å². The molecule has 11 nitrogen and oxygen atoms in total. The summed E-state index contributed by atoms with van der Waals surface area (Å²) in [6.07, 6.45) is 9.51. The number of carbonyl (C=O) groups is 3. The smallest absolute Gasteiger partial charge is 0.352 e. The van der Waals surface area contributed by atoms with E-state index in [1.165, 1.54) is 37.4 Å². The Hall–Kier alpha value is -2.77. The number of rotatable bonds is 8. The minimum atomic E-state index is -3.64. The van der Waals surface area contributed by atoms with Crippen LogP contribution in [0.2, 0.25) is 0 Å². The number of carboxylic acid groups (broad SMARTS) is 1. The zero-order valence-electron chi connectivity index (χ0n) is 23.8. The number of aliphatic hydroxyl groups is 1. The van der Waals surface area contributed by atoms with Crippen molar-refractivity contribution in [2.24, 2.45) is 34.5 Å².